The summed E-state index contributed by atoms with van der Waals surface area (Å²) in [5.41, 5.74) is 0.946. The van der Waals surface area contributed by atoms with Gasteiger partial charge in [-0.15, -0.1) is 0 Å². The molecular formula is C25H27BrN2O4. The van der Waals surface area contributed by atoms with Crippen molar-refractivity contribution in [2.24, 2.45) is 0 Å². The highest BCUT2D eigenvalue weighted by Gasteiger charge is 2.36. The molecular weight excluding hydrogens is 472 g/mol. The van der Waals surface area contributed by atoms with Crippen molar-refractivity contribution in [1.29, 1.82) is 0 Å². The van der Waals surface area contributed by atoms with Gasteiger partial charge in [-0.05, 0) is 54.5 Å². The van der Waals surface area contributed by atoms with E-state index in [9.17, 15) is 14.4 Å². The van der Waals surface area contributed by atoms with Gasteiger partial charge in [0, 0.05) is 4.47 Å². The molecule has 0 saturated carbocycles. The number of halogens is 1. The summed E-state index contributed by atoms with van der Waals surface area (Å²) in [6.07, 6.45) is 8.70. The average Bonchev–Trinajstić information content (AvgIpc) is 2.78. The highest BCUT2D eigenvalue weighted by atomic mass is 79.9. The van der Waals surface area contributed by atoms with Gasteiger partial charge in [0.15, 0.2) is 0 Å². The SMILES string of the molecule is CCCCCCCCOc1ccc(/C=C2\C(=O)NC(=O)N(c3ccc(Br)cc3)C2=O)cc1. The molecule has 7 heteroatoms. The molecule has 0 atom stereocenters. The summed E-state index contributed by atoms with van der Waals surface area (Å²) in [6.45, 7) is 2.87. The molecule has 2 aromatic carbocycles. The highest BCUT2D eigenvalue weighted by molar-refractivity contribution is 9.10. The van der Waals surface area contributed by atoms with Crippen LogP contribution in [-0.2, 0) is 9.59 Å². The zero-order valence-electron chi connectivity index (χ0n) is 18.1. The van der Waals surface area contributed by atoms with Crippen molar-refractivity contribution in [1.82, 2.24) is 5.32 Å². The number of hydrogen-bond donors (Lipinski definition) is 1. The van der Waals surface area contributed by atoms with Crippen molar-refractivity contribution in [2.45, 2.75) is 45.4 Å². The number of nitrogens with zero attached hydrogens (tertiary/aromatic N) is 1. The fourth-order valence-corrected chi connectivity index (χ4v) is 3.65. The summed E-state index contributed by atoms with van der Waals surface area (Å²) in [5.74, 6) is -0.631. The third kappa shape index (κ3) is 6.29. The maximum Gasteiger partial charge on any atom is 0.335 e. The fourth-order valence-electron chi connectivity index (χ4n) is 3.38. The van der Waals surface area contributed by atoms with Crippen LogP contribution in [0.15, 0.2) is 58.6 Å². The number of nitrogens with one attached hydrogen (secondary N) is 1. The molecule has 1 aliphatic heterocycles. The first-order valence-electron chi connectivity index (χ1n) is 10.9. The number of carbonyl (C=O) groups excluding carboxylic acids is 3. The molecule has 1 heterocycles. The molecule has 168 valence electrons. The summed E-state index contributed by atoms with van der Waals surface area (Å²) in [4.78, 5) is 38.4. The van der Waals surface area contributed by atoms with Crippen molar-refractivity contribution in [3.05, 3.63) is 64.1 Å². The van der Waals surface area contributed by atoms with Crippen LogP contribution in [0.2, 0.25) is 0 Å². The number of carbonyl (C=O) groups is 3. The van der Waals surface area contributed by atoms with Crippen LogP contribution >= 0.6 is 15.9 Å². The van der Waals surface area contributed by atoms with E-state index >= 15 is 0 Å². The number of imide groups is 2. The fraction of sp³-hybridized carbons (Fsp3) is 0.320. The van der Waals surface area contributed by atoms with Crippen molar-refractivity contribution in [2.75, 3.05) is 11.5 Å². The van der Waals surface area contributed by atoms with Gasteiger partial charge in [0.1, 0.15) is 11.3 Å². The number of ether oxygens (including phenoxy) is 1. The number of barbiturate groups is 1. The molecule has 0 spiro atoms. The van der Waals surface area contributed by atoms with E-state index in [0.717, 1.165) is 28.0 Å². The van der Waals surface area contributed by atoms with Crippen LogP contribution in [0.4, 0.5) is 10.5 Å². The molecule has 2 aromatic rings. The van der Waals surface area contributed by atoms with Crippen molar-refractivity contribution < 1.29 is 19.1 Å². The Kier molecular flexibility index (Phi) is 8.62. The largest absolute Gasteiger partial charge is 0.494 e. The molecule has 0 bridgehead atoms. The standard InChI is InChI=1S/C25H27BrN2O4/c1-2-3-4-5-6-7-16-32-21-14-8-18(9-15-21)17-22-23(29)27-25(31)28(24(22)30)20-12-10-19(26)11-13-20/h8-15,17H,2-7,16H2,1H3,(H,27,29,31)/b22-17+. The molecule has 1 saturated heterocycles. The first kappa shape index (κ1) is 23.7. The molecule has 3 rings (SSSR count). The van der Waals surface area contributed by atoms with Gasteiger partial charge >= 0.3 is 6.03 Å². The quantitative estimate of drug-likeness (QED) is 0.253. The van der Waals surface area contributed by atoms with Crippen LogP contribution in [0.1, 0.15) is 51.0 Å². The first-order valence-corrected chi connectivity index (χ1v) is 11.7. The number of hydrogen-bond acceptors (Lipinski definition) is 4. The third-order valence-electron chi connectivity index (χ3n) is 5.14. The molecule has 0 aliphatic carbocycles. The second-order valence-electron chi connectivity index (χ2n) is 7.62. The summed E-state index contributed by atoms with van der Waals surface area (Å²) in [7, 11) is 0. The summed E-state index contributed by atoms with van der Waals surface area (Å²) in [5, 5.41) is 2.23. The van der Waals surface area contributed by atoms with Gasteiger partial charge in [-0.25, -0.2) is 9.69 Å². The molecule has 0 aromatic heterocycles. The Morgan fingerprint density at radius 3 is 2.25 bits per heavy atom. The zero-order chi connectivity index (χ0) is 22.9. The first-order chi connectivity index (χ1) is 15.5. The minimum atomic E-state index is -0.766. The average molecular weight is 499 g/mol. The highest BCUT2D eigenvalue weighted by Crippen LogP contribution is 2.24. The minimum Gasteiger partial charge on any atom is -0.494 e. The Morgan fingerprint density at radius 1 is 0.906 bits per heavy atom. The van der Waals surface area contributed by atoms with E-state index in [1.165, 1.54) is 31.8 Å². The van der Waals surface area contributed by atoms with E-state index in [1.54, 1.807) is 36.4 Å². The topological polar surface area (TPSA) is 75.7 Å². The van der Waals surface area contributed by atoms with E-state index < -0.39 is 17.8 Å². The van der Waals surface area contributed by atoms with E-state index in [1.807, 2.05) is 12.1 Å². The number of anilines is 1. The Bertz CT molecular complexity index is 984. The normalized spacial score (nSPS) is 15.2. The number of rotatable bonds is 10. The molecule has 6 nitrogen and oxygen atoms in total. The molecule has 0 unspecified atom stereocenters. The summed E-state index contributed by atoms with van der Waals surface area (Å²) >= 11 is 3.32. The van der Waals surface area contributed by atoms with Gasteiger partial charge in [-0.1, -0.05) is 67.1 Å². The second-order valence-corrected chi connectivity index (χ2v) is 8.54. The maximum absolute atomic E-state index is 12.9. The molecule has 0 radical (unpaired) electrons. The molecule has 32 heavy (non-hydrogen) atoms. The van der Waals surface area contributed by atoms with Crippen molar-refractivity contribution in [3.8, 4) is 5.75 Å². The third-order valence-corrected chi connectivity index (χ3v) is 5.67. The van der Waals surface area contributed by atoms with Gasteiger partial charge in [0.05, 0.1) is 12.3 Å². The van der Waals surface area contributed by atoms with Crippen LogP contribution < -0.4 is 15.0 Å². The number of urea groups is 1. The Balaban J connectivity index is 1.63. The molecule has 1 fully saturated rings. The van der Waals surface area contributed by atoms with Crippen molar-refractivity contribution >= 4 is 45.5 Å². The Hall–Kier alpha value is -2.93. The lowest BCUT2D eigenvalue weighted by Crippen LogP contribution is -2.54. The van der Waals surface area contributed by atoms with E-state index in [2.05, 4.69) is 28.2 Å². The van der Waals surface area contributed by atoms with Gasteiger partial charge in [-0.2, -0.15) is 0 Å². The molecule has 1 N–H and O–H groups in total. The second kappa shape index (κ2) is 11.6. The smallest absolute Gasteiger partial charge is 0.335 e. The van der Waals surface area contributed by atoms with Crippen LogP contribution in [0.3, 0.4) is 0 Å². The summed E-state index contributed by atoms with van der Waals surface area (Å²) in [6, 6.07) is 13.1. The van der Waals surface area contributed by atoms with Crippen LogP contribution in [0.5, 0.6) is 5.75 Å². The Morgan fingerprint density at radius 2 is 1.56 bits per heavy atom. The van der Waals surface area contributed by atoms with Gasteiger partial charge in [0.2, 0.25) is 0 Å². The van der Waals surface area contributed by atoms with Crippen LogP contribution in [-0.4, -0.2) is 24.5 Å². The van der Waals surface area contributed by atoms with E-state index in [4.69, 9.17) is 4.74 Å². The number of unbranched alkanes of at least 4 members (excludes halogenated alkanes) is 5. The van der Waals surface area contributed by atoms with E-state index in [-0.39, 0.29) is 5.57 Å². The van der Waals surface area contributed by atoms with Gasteiger partial charge in [-0.3, -0.25) is 14.9 Å². The Labute approximate surface area is 196 Å². The maximum atomic E-state index is 12.9. The monoisotopic (exact) mass is 498 g/mol. The van der Waals surface area contributed by atoms with Gasteiger partial charge in [0.25, 0.3) is 11.8 Å². The molecule has 1 aliphatic rings. The predicted molar refractivity (Wildman–Crippen MR) is 128 cm³/mol. The summed E-state index contributed by atoms with van der Waals surface area (Å²) < 4.78 is 6.59. The van der Waals surface area contributed by atoms with Crippen LogP contribution in [0.25, 0.3) is 6.08 Å². The zero-order valence-corrected chi connectivity index (χ0v) is 19.7. The van der Waals surface area contributed by atoms with Gasteiger partial charge < -0.3 is 4.74 Å². The number of amides is 4. The minimum absolute atomic E-state index is 0.103. The van der Waals surface area contributed by atoms with Crippen LogP contribution in [0, 0.1) is 0 Å². The lowest BCUT2D eigenvalue weighted by molar-refractivity contribution is -0.122. The lowest BCUT2D eigenvalue weighted by Gasteiger charge is -2.26. The predicted octanol–water partition coefficient (Wildman–Crippen LogP) is 5.85. The number of benzene rings is 2. The van der Waals surface area contributed by atoms with E-state index in [0.29, 0.717) is 17.9 Å². The van der Waals surface area contributed by atoms with Crippen molar-refractivity contribution in [3.63, 3.8) is 0 Å². The lowest BCUT2D eigenvalue weighted by atomic mass is 10.1. The molecule has 4 amide bonds.